The summed E-state index contributed by atoms with van der Waals surface area (Å²) in [7, 11) is 1.62. The lowest BCUT2D eigenvalue weighted by Gasteiger charge is -2.29. The van der Waals surface area contributed by atoms with Gasteiger partial charge in [-0.25, -0.2) is 0 Å². The number of aryl methyl sites for hydroxylation is 1. The Morgan fingerprint density at radius 1 is 1.03 bits per heavy atom. The van der Waals surface area contributed by atoms with Gasteiger partial charge in [-0.15, -0.1) is 11.8 Å². The van der Waals surface area contributed by atoms with E-state index in [1.807, 2.05) is 69.3 Å². The van der Waals surface area contributed by atoms with Crippen LogP contribution in [0.2, 0.25) is 0 Å². The van der Waals surface area contributed by atoms with Crippen LogP contribution in [-0.4, -0.2) is 42.2 Å². The highest BCUT2D eigenvalue weighted by Crippen LogP contribution is 2.21. The Hall–Kier alpha value is -2.47. The summed E-state index contributed by atoms with van der Waals surface area (Å²) in [4.78, 5) is 28.4. The highest BCUT2D eigenvalue weighted by atomic mass is 32.2. The molecule has 0 aliphatic carbocycles. The topological polar surface area (TPSA) is 58.6 Å². The van der Waals surface area contributed by atoms with Gasteiger partial charge in [0.05, 0.1) is 12.9 Å². The number of benzene rings is 2. The molecule has 162 valence electrons. The summed E-state index contributed by atoms with van der Waals surface area (Å²) in [5.41, 5.74) is 2.13. The lowest BCUT2D eigenvalue weighted by atomic mass is 10.1. The summed E-state index contributed by atoms with van der Waals surface area (Å²) < 4.78 is 5.21. The molecule has 2 aromatic carbocycles. The minimum Gasteiger partial charge on any atom is -0.497 e. The summed E-state index contributed by atoms with van der Waals surface area (Å²) in [6, 6.07) is 15.1. The molecule has 0 saturated heterocycles. The van der Waals surface area contributed by atoms with Gasteiger partial charge >= 0.3 is 0 Å². The van der Waals surface area contributed by atoms with Crippen molar-refractivity contribution in [2.45, 2.75) is 45.2 Å². The van der Waals surface area contributed by atoms with Crippen LogP contribution in [0.1, 0.15) is 31.9 Å². The van der Waals surface area contributed by atoms with Gasteiger partial charge in [-0.2, -0.15) is 0 Å². The van der Waals surface area contributed by atoms with Crippen molar-refractivity contribution in [3.8, 4) is 5.75 Å². The number of nitrogens with zero attached hydrogens (tertiary/aromatic N) is 1. The molecule has 0 saturated carbocycles. The SMILES string of the molecule is COc1ccc(CN(C(=O)CSc2ccc(C)cc2)[C@@H](C)C(=O)NCC(C)C)cc1. The molecule has 0 heterocycles. The molecule has 0 fully saturated rings. The van der Waals surface area contributed by atoms with E-state index in [-0.39, 0.29) is 17.6 Å². The summed E-state index contributed by atoms with van der Waals surface area (Å²) in [5.74, 6) is 1.19. The third-order valence-corrected chi connectivity index (χ3v) is 5.74. The van der Waals surface area contributed by atoms with Gasteiger partial charge in [0.25, 0.3) is 0 Å². The van der Waals surface area contributed by atoms with Gasteiger partial charge in [0.15, 0.2) is 0 Å². The van der Waals surface area contributed by atoms with Gasteiger partial charge in [0.1, 0.15) is 11.8 Å². The average Bonchev–Trinajstić information content (AvgIpc) is 2.75. The number of methoxy groups -OCH3 is 1. The van der Waals surface area contributed by atoms with Crippen LogP contribution in [0, 0.1) is 12.8 Å². The minimum absolute atomic E-state index is 0.0661. The largest absolute Gasteiger partial charge is 0.497 e. The van der Waals surface area contributed by atoms with Crippen molar-refractivity contribution < 1.29 is 14.3 Å². The maximum atomic E-state index is 13.1. The first-order valence-corrected chi connectivity index (χ1v) is 11.2. The van der Waals surface area contributed by atoms with E-state index < -0.39 is 6.04 Å². The number of carbonyl (C=O) groups excluding carboxylic acids is 2. The van der Waals surface area contributed by atoms with E-state index in [4.69, 9.17) is 4.74 Å². The van der Waals surface area contributed by atoms with Crippen molar-refractivity contribution in [3.05, 3.63) is 59.7 Å². The predicted molar refractivity (Wildman–Crippen MR) is 123 cm³/mol. The lowest BCUT2D eigenvalue weighted by Crippen LogP contribution is -2.48. The smallest absolute Gasteiger partial charge is 0.242 e. The Morgan fingerprint density at radius 2 is 1.67 bits per heavy atom. The number of hydrogen-bond donors (Lipinski definition) is 1. The van der Waals surface area contributed by atoms with Crippen LogP contribution in [0.25, 0.3) is 0 Å². The Morgan fingerprint density at radius 3 is 2.23 bits per heavy atom. The fourth-order valence-corrected chi connectivity index (χ4v) is 3.61. The maximum absolute atomic E-state index is 13.1. The summed E-state index contributed by atoms with van der Waals surface area (Å²) in [6.07, 6.45) is 0. The van der Waals surface area contributed by atoms with E-state index >= 15 is 0 Å². The van der Waals surface area contributed by atoms with Crippen molar-refractivity contribution in [1.29, 1.82) is 0 Å². The molecule has 0 unspecified atom stereocenters. The van der Waals surface area contributed by atoms with Crippen LogP contribution in [0.15, 0.2) is 53.4 Å². The Kier molecular flexibility index (Phi) is 9.24. The summed E-state index contributed by atoms with van der Waals surface area (Å²) in [5, 5.41) is 2.94. The first-order valence-electron chi connectivity index (χ1n) is 10.2. The van der Waals surface area contributed by atoms with E-state index in [9.17, 15) is 9.59 Å². The van der Waals surface area contributed by atoms with E-state index in [2.05, 4.69) is 5.32 Å². The maximum Gasteiger partial charge on any atom is 0.242 e. The molecule has 0 spiro atoms. The Bertz CT molecular complexity index is 819. The summed E-state index contributed by atoms with van der Waals surface area (Å²) >= 11 is 1.49. The number of nitrogens with one attached hydrogen (secondary N) is 1. The number of amides is 2. The van der Waals surface area contributed by atoms with Crippen LogP contribution < -0.4 is 10.1 Å². The molecular weight excluding hydrogens is 396 g/mol. The summed E-state index contributed by atoms with van der Waals surface area (Å²) in [6.45, 7) is 8.87. The molecule has 0 aromatic heterocycles. The molecule has 2 amide bonds. The van der Waals surface area contributed by atoms with Crippen LogP contribution in [0.5, 0.6) is 5.75 Å². The second-order valence-electron chi connectivity index (χ2n) is 7.79. The van der Waals surface area contributed by atoms with Crippen molar-refractivity contribution in [2.24, 2.45) is 5.92 Å². The van der Waals surface area contributed by atoms with Crippen molar-refractivity contribution in [1.82, 2.24) is 10.2 Å². The highest BCUT2D eigenvalue weighted by molar-refractivity contribution is 8.00. The van der Waals surface area contributed by atoms with Crippen LogP contribution in [0.4, 0.5) is 0 Å². The second-order valence-corrected chi connectivity index (χ2v) is 8.84. The van der Waals surface area contributed by atoms with Crippen LogP contribution >= 0.6 is 11.8 Å². The third kappa shape index (κ3) is 7.41. The first-order chi connectivity index (χ1) is 14.3. The molecule has 0 bridgehead atoms. The average molecular weight is 429 g/mol. The third-order valence-electron chi connectivity index (χ3n) is 4.75. The van der Waals surface area contributed by atoms with Gasteiger partial charge < -0.3 is 15.0 Å². The highest BCUT2D eigenvalue weighted by Gasteiger charge is 2.26. The quantitative estimate of drug-likeness (QED) is 0.574. The van der Waals surface area contributed by atoms with Crippen molar-refractivity contribution in [3.63, 3.8) is 0 Å². The van der Waals surface area contributed by atoms with Gasteiger partial charge in [0, 0.05) is 18.0 Å². The van der Waals surface area contributed by atoms with E-state index in [1.54, 1.807) is 18.9 Å². The Balaban J connectivity index is 2.12. The van der Waals surface area contributed by atoms with Crippen LogP contribution in [0.3, 0.4) is 0 Å². The molecule has 0 aliphatic heterocycles. The van der Waals surface area contributed by atoms with Gasteiger partial charge in [-0.05, 0) is 49.6 Å². The number of rotatable bonds is 10. The molecule has 1 atom stereocenters. The number of hydrogen-bond acceptors (Lipinski definition) is 4. The zero-order valence-electron chi connectivity index (χ0n) is 18.5. The first kappa shape index (κ1) is 23.8. The van der Waals surface area contributed by atoms with E-state index in [0.717, 1.165) is 16.2 Å². The predicted octanol–water partition coefficient (Wildman–Crippen LogP) is 4.29. The number of carbonyl (C=O) groups is 2. The molecule has 1 N–H and O–H groups in total. The monoisotopic (exact) mass is 428 g/mol. The fourth-order valence-electron chi connectivity index (χ4n) is 2.83. The zero-order chi connectivity index (χ0) is 22.1. The molecule has 2 rings (SSSR count). The molecule has 2 aromatic rings. The minimum atomic E-state index is -0.558. The van der Waals surface area contributed by atoms with Gasteiger partial charge in [-0.1, -0.05) is 43.7 Å². The van der Waals surface area contributed by atoms with E-state index in [0.29, 0.717) is 19.0 Å². The van der Waals surface area contributed by atoms with Crippen molar-refractivity contribution >= 4 is 23.6 Å². The zero-order valence-corrected chi connectivity index (χ0v) is 19.3. The molecule has 5 nitrogen and oxygen atoms in total. The second kappa shape index (κ2) is 11.6. The van der Waals surface area contributed by atoms with Gasteiger partial charge in [0.2, 0.25) is 11.8 Å². The molecular formula is C24H32N2O3S. The van der Waals surface area contributed by atoms with E-state index in [1.165, 1.54) is 17.3 Å². The number of thioether (sulfide) groups is 1. The van der Waals surface area contributed by atoms with Gasteiger partial charge in [-0.3, -0.25) is 9.59 Å². The Labute approximate surface area is 184 Å². The molecule has 6 heteroatoms. The number of ether oxygens (including phenoxy) is 1. The van der Waals surface area contributed by atoms with Crippen LogP contribution in [-0.2, 0) is 16.1 Å². The molecule has 0 radical (unpaired) electrons. The lowest BCUT2D eigenvalue weighted by molar-refractivity contribution is -0.138. The fraction of sp³-hybridized carbons (Fsp3) is 0.417. The molecule has 0 aliphatic rings. The standard InChI is InChI=1S/C24H32N2O3S/c1-17(2)14-25-24(28)19(4)26(15-20-8-10-21(29-5)11-9-20)23(27)16-30-22-12-6-18(3)7-13-22/h6-13,17,19H,14-16H2,1-5H3,(H,25,28)/t19-/m0/s1. The van der Waals surface area contributed by atoms with Crippen molar-refractivity contribution in [2.75, 3.05) is 19.4 Å². The molecule has 30 heavy (non-hydrogen) atoms. The normalized spacial score (nSPS) is 11.8.